The second-order valence-corrected chi connectivity index (χ2v) is 12.7. The van der Waals surface area contributed by atoms with Crippen LogP contribution in [0.3, 0.4) is 0 Å². The highest BCUT2D eigenvalue weighted by Gasteiger charge is 2.51. The predicted octanol–water partition coefficient (Wildman–Crippen LogP) is 8.88. The van der Waals surface area contributed by atoms with Gasteiger partial charge in [-0.15, -0.1) is 0 Å². The first-order valence-corrected chi connectivity index (χ1v) is 15.2. The number of nitriles is 1. The second kappa shape index (κ2) is 10.0. The molecule has 1 aromatic heterocycles. The highest BCUT2D eigenvalue weighted by atomic mass is 15.0. The monoisotopic (exact) mass is 544 g/mol. The van der Waals surface area contributed by atoms with Gasteiger partial charge < -0.3 is 0 Å². The minimum atomic E-state index is 0.387. The Morgan fingerprint density at radius 1 is 0.548 bits per heavy atom. The van der Waals surface area contributed by atoms with E-state index in [4.69, 9.17) is 15.0 Å². The first-order valence-electron chi connectivity index (χ1n) is 15.2. The molecule has 4 fully saturated rings. The molecule has 4 aliphatic rings. The molecule has 0 amide bonds. The number of nitrogens with zero attached hydrogens (tertiary/aromatic N) is 4. The molecule has 0 N–H and O–H groups in total. The van der Waals surface area contributed by atoms with Gasteiger partial charge in [0.15, 0.2) is 17.5 Å². The van der Waals surface area contributed by atoms with Gasteiger partial charge in [0.1, 0.15) is 0 Å². The number of rotatable bonds is 5. The standard InChI is InChI=1S/C38H32N4/c39-24-25-7-6-10-31(20-25)36-40-35(30-8-2-1-3-9-30)41-37(42-36)34-12-5-4-11-33(34)29-13-15-32(16-14-29)38-21-26-17-27(22-38)19-28(18-26)23-38/h1-16,20,26-28H,17-19,21-23H2/t26-,27-,28-,38?. The summed E-state index contributed by atoms with van der Waals surface area (Å²) in [5.41, 5.74) is 7.48. The number of hydrogen-bond donors (Lipinski definition) is 0. The Bertz CT molecular complexity index is 1780. The lowest BCUT2D eigenvalue weighted by atomic mass is 9.48. The zero-order valence-corrected chi connectivity index (χ0v) is 23.6. The Hall–Kier alpha value is -4.62. The number of aromatic nitrogens is 3. The molecular formula is C38H32N4. The maximum absolute atomic E-state index is 9.50. The highest BCUT2D eigenvalue weighted by molar-refractivity contribution is 5.82. The van der Waals surface area contributed by atoms with Crippen molar-refractivity contribution in [2.24, 2.45) is 17.8 Å². The van der Waals surface area contributed by atoms with Crippen LogP contribution in [-0.4, -0.2) is 15.0 Å². The van der Waals surface area contributed by atoms with Crippen molar-refractivity contribution in [3.63, 3.8) is 0 Å². The molecule has 4 bridgehead atoms. The summed E-state index contributed by atoms with van der Waals surface area (Å²) in [6.45, 7) is 0. The molecule has 0 unspecified atom stereocenters. The van der Waals surface area contributed by atoms with Crippen LogP contribution in [0.25, 0.3) is 45.3 Å². The van der Waals surface area contributed by atoms with Crippen molar-refractivity contribution in [3.8, 4) is 51.4 Å². The van der Waals surface area contributed by atoms with E-state index in [-0.39, 0.29) is 0 Å². The van der Waals surface area contributed by atoms with E-state index in [1.807, 2.05) is 54.6 Å². The topological polar surface area (TPSA) is 62.5 Å². The van der Waals surface area contributed by atoms with E-state index in [1.54, 1.807) is 6.07 Å². The van der Waals surface area contributed by atoms with E-state index in [2.05, 4.69) is 48.5 Å². The zero-order chi connectivity index (χ0) is 28.1. The fourth-order valence-corrected chi connectivity index (χ4v) is 8.47. The van der Waals surface area contributed by atoms with Gasteiger partial charge in [0.2, 0.25) is 0 Å². The molecule has 1 heterocycles. The summed E-state index contributed by atoms with van der Waals surface area (Å²) in [7, 11) is 0. The number of benzene rings is 4. The molecule has 204 valence electrons. The largest absolute Gasteiger partial charge is 0.208 e. The first-order chi connectivity index (χ1) is 20.7. The predicted molar refractivity (Wildman–Crippen MR) is 166 cm³/mol. The molecule has 4 heteroatoms. The normalized spacial score (nSPS) is 23.9. The van der Waals surface area contributed by atoms with Crippen LogP contribution in [0.4, 0.5) is 0 Å². The molecule has 4 nitrogen and oxygen atoms in total. The van der Waals surface area contributed by atoms with E-state index in [0.29, 0.717) is 28.5 Å². The third kappa shape index (κ3) is 4.41. The van der Waals surface area contributed by atoms with Gasteiger partial charge in [-0.2, -0.15) is 5.26 Å². The van der Waals surface area contributed by atoms with Crippen molar-refractivity contribution in [1.82, 2.24) is 15.0 Å². The Morgan fingerprint density at radius 3 is 1.79 bits per heavy atom. The van der Waals surface area contributed by atoms with Crippen LogP contribution in [0.5, 0.6) is 0 Å². The van der Waals surface area contributed by atoms with E-state index in [9.17, 15) is 5.26 Å². The maximum atomic E-state index is 9.50. The average Bonchev–Trinajstić information content (AvgIpc) is 3.04. The molecular weight excluding hydrogens is 512 g/mol. The van der Waals surface area contributed by atoms with Crippen molar-refractivity contribution in [3.05, 3.63) is 114 Å². The summed E-state index contributed by atoms with van der Waals surface area (Å²) in [4.78, 5) is 14.8. The van der Waals surface area contributed by atoms with Crippen molar-refractivity contribution in [2.45, 2.75) is 43.9 Å². The average molecular weight is 545 g/mol. The second-order valence-electron chi connectivity index (χ2n) is 12.7. The van der Waals surface area contributed by atoms with E-state index in [0.717, 1.165) is 40.0 Å². The van der Waals surface area contributed by atoms with Crippen LogP contribution in [0.15, 0.2) is 103 Å². The third-order valence-corrected chi connectivity index (χ3v) is 9.93. The molecule has 0 spiro atoms. The van der Waals surface area contributed by atoms with Crippen LogP contribution in [0.1, 0.15) is 49.7 Å². The Kier molecular flexibility index (Phi) is 6.00. The molecule has 42 heavy (non-hydrogen) atoms. The molecule has 0 radical (unpaired) electrons. The van der Waals surface area contributed by atoms with Crippen LogP contribution < -0.4 is 0 Å². The zero-order valence-electron chi connectivity index (χ0n) is 23.6. The Morgan fingerprint density at radius 2 is 1.12 bits per heavy atom. The third-order valence-electron chi connectivity index (χ3n) is 9.93. The first kappa shape index (κ1) is 25.1. The summed E-state index contributed by atoms with van der Waals surface area (Å²) in [6, 6.07) is 37.5. The molecule has 9 rings (SSSR count). The Balaban J connectivity index is 1.21. The van der Waals surface area contributed by atoms with Crippen molar-refractivity contribution < 1.29 is 0 Å². The van der Waals surface area contributed by atoms with Gasteiger partial charge >= 0.3 is 0 Å². The molecule has 0 atom stereocenters. The molecule has 0 aliphatic heterocycles. The summed E-state index contributed by atoms with van der Waals surface area (Å²) >= 11 is 0. The van der Waals surface area contributed by atoms with Crippen molar-refractivity contribution in [2.75, 3.05) is 0 Å². The fraction of sp³-hybridized carbons (Fsp3) is 0.263. The summed E-state index contributed by atoms with van der Waals surface area (Å²) < 4.78 is 0. The molecule has 5 aromatic rings. The summed E-state index contributed by atoms with van der Waals surface area (Å²) in [5.74, 6) is 4.60. The lowest BCUT2D eigenvalue weighted by Gasteiger charge is -2.57. The van der Waals surface area contributed by atoms with Crippen molar-refractivity contribution >= 4 is 0 Å². The van der Waals surface area contributed by atoms with Crippen LogP contribution in [0.2, 0.25) is 0 Å². The Labute approximate surface area is 247 Å². The van der Waals surface area contributed by atoms with Crippen LogP contribution in [-0.2, 0) is 5.41 Å². The van der Waals surface area contributed by atoms with Crippen LogP contribution >= 0.6 is 0 Å². The lowest BCUT2D eigenvalue weighted by Crippen LogP contribution is -2.48. The SMILES string of the molecule is N#Cc1cccc(-c2nc(-c3ccccc3)nc(-c3ccccc3-c3ccc(C45C[C@H]6C[C@H](C4)C[C@@H](C5)C6)cc3)n2)c1. The van der Waals surface area contributed by atoms with Gasteiger partial charge in [-0.05, 0) is 90.5 Å². The van der Waals surface area contributed by atoms with Crippen LogP contribution in [0, 0.1) is 29.1 Å². The van der Waals surface area contributed by atoms with Gasteiger partial charge in [-0.1, -0.05) is 91.0 Å². The maximum Gasteiger partial charge on any atom is 0.164 e. The number of hydrogen-bond acceptors (Lipinski definition) is 4. The van der Waals surface area contributed by atoms with E-state index >= 15 is 0 Å². The van der Waals surface area contributed by atoms with E-state index in [1.165, 1.54) is 49.7 Å². The molecule has 4 saturated carbocycles. The van der Waals surface area contributed by atoms with Gasteiger partial charge in [0, 0.05) is 16.7 Å². The summed E-state index contributed by atoms with van der Waals surface area (Å²) in [6.07, 6.45) is 8.51. The van der Waals surface area contributed by atoms with Gasteiger partial charge in [0.05, 0.1) is 11.6 Å². The lowest BCUT2D eigenvalue weighted by molar-refractivity contribution is -0.00518. The minimum absolute atomic E-state index is 0.387. The fourth-order valence-electron chi connectivity index (χ4n) is 8.47. The highest BCUT2D eigenvalue weighted by Crippen LogP contribution is 2.60. The molecule has 4 aliphatic carbocycles. The summed E-state index contributed by atoms with van der Waals surface area (Å²) in [5, 5.41) is 9.50. The van der Waals surface area contributed by atoms with Gasteiger partial charge in [-0.25, -0.2) is 15.0 Å². The smallest absolute Gasteiger partial charge is 0.164 e. The van der Waals surface area contributed by atoms with E-state index < -0.39 is 0 Å². The van der Waals surface area contributed by atoms with Crippen molar-refractivity contribution in [1.29, 1.82) is 5.26 Å². The van der Waals surface area contributed by atoms with Gasteiger partial charge in [-0.3, -0.25) is 0 Å². The molecule has 0 saturated heterocycles. The van der Waals surface area contributed by atoms with Gasteiger partial charge in [0.25, 0.3) is 0 Å². The molecule has 4 aromatic carbocycles. The quantitative estimate of drug-likeness (QED) is 0.222. The minimum Gasteiger partial charge on any atom is -0.208 e.